The van der Waals surface area contributed by atoms with Crippen molar-refractivity contribution < 1.29 is 19.8 Å². The lowest BCUT2D eigenvalue weighted by molar-refractivity contribution is -0.140. The standard InChI is InChI=1S/C18H17NO4S/c1-11-4-6-12(7-5-11)16(21)14-15(13-3-2-10-24-13)19(8-9-20)18(23)17(14)22/h2-7,10,15,20-21H,8-9H2,1H3/t15-/m1/s1. The number of nitrogens with zero attached hydrogens (tertiary/aromatic N) is 1. The number of carbonyl (C=O) groups is 2. The Hall–Kier alpha value is -2.44. The fourth-order valence-electron chi connectivity index (χ4n) is 2.83. The fourth-order valence-corrected chi connectivity index (χ4v) is 3.67. The van der Waals surface area contributed by atoms with E-state index in [0.717, 1.165) is 10.4 Å². The zero-order valence-electron chi connectivity index (χ0n) is 13.1. The normalized spacial score (nSPS) is 19.9. The van der Waals surface area contributed by atoms with E-state index in [1.54, 1.807) is 12.1 Å². The molecule has 2 heterocycles. The number of thiophene rings is 1. The van der Waals surface area contributed by atoms with Crippen molar-refractivity contribution in [1.29, 1.82) is 0 Å². The van der Waals surface area contributed by atoms with E-state index < -0.39 is 17.7 Å². The lowest BCUT2D eigenvalue weighted by Gasteiger charge is -2.23. The van der Waals surface area contributed by atoms with Gasteiger partial charge in [-0.15, -0.1) is 11.3 Å². The molecular weight excluding hydrogens is 326 g/mol. The zero-order valence-corrected chi connectivity index (χ0v) is 13.9. The summed E-state index contributed by atoms with van der Waals surface area (Å²) in [4.78, 5) is 26.9. The van der Waals surface area contributed by atoms with Crippen LogP contribution in [0.4, 0.5) is 0 Å². The molecule has 2 N–H and O–H groups in total. The van der Waals surface area contributed by atoms with Crippen LogP contribution in [0.5, 0.6) is 0 Å². The molecule has 1 saturated heterocycles. The SMILES string of the molecule is Cc1ccc(C(O)=C2C(=O)C(=O)N(CCO)[C@@H]2c2cccs2)cc1. The third-order valence-electron chi connectivity index (χ3n) is 4.02. The van der Waals surface area contributed by atoms with Crippen LogP contribution < -0.4 is 0 Å². The predicted molar refractivity (Wildman–Crippen MR) is 91.6 cm³/mol. The molecule has 3 rings (SSSR count). The summed E-state index contributed by atoms with van der Waals surface area (Å²) in [6.45, 7) is 1.72. The van der Waals surface area contributed by atoms with E-state index in [2.05, 4.69) is 0 Å². The Labute approximate surface area is 143 Å². The van der Waals surface area contributed by atoms with Crippen molar-refractivity contribution >= 4 is 28.8 Å². The van der Waals surface area contributed by atoms with Gasteiger partial charge in [-0.1, -0.05) is 35.9 Å². The maximum atomic E-state index is 12.5. The summed E-state index contributed by atoms with van der Waals surface area (Å²) in [5.74, 6) is -1.61. The highest BCUT2D eigenvalue weighted by Gasteiger charge is 2.46. The summed E-state index contributed by atoms with van der Waals surface area (Å²) < 4.78 is 0. The molecule has 1 aromatic heterocycles. The molecule has 1 amide bonds. The van der Waals surface area contributed by atoms with Gasteiger partial charge < -0.3 is 15.1 Å². The van der Waals surface area contributed by atoms with E-state index in [0.29, 0.717) is 5.56 Å². The number of aliphatic hydroxyl groups is 2. The van der Waals surface area contributed by atoms with Crippen LogP contribution in [0.2, 0.25) is 0 Å². The van der Waals surface area contributed by atoms with Crippen LogP contribution in [0, 0.1) is 6.92 Å². The third kappa shape index (κ3) is 2.74. The summed E-state index contributed by atoms with van der Waals surface area (Å²) >= 11 is 1.40. The quantitative estimate of drug-likeness (QED) is 0.508. The number of benzene rings is 1. The summed E-state index contributed by atoms with van der Waals surface area (Å²) in [6, 6.07) is 10.1. The van der Waals surface area contributed by atoms with Crippen LogP contribution in [-0.2, 0) is 9.59 Å². The van der Waals surface area contributed by atoms with Gasteiger partial charge in [0.05, 0.1) is 18.2 Å². The molecule has 1 aromatic carbocycles. The van der Waals surface area contributed by atoms with Gasteiger partial charge in [0.1, 0.15) is 5.76 Å². The molecule has 1 fully saturated rings. The van der Waals surface area contributed by atoms with E-state index in [1.165, 1.54) is 16.2 Å². The minimum absolute atomic E-state index is 0.0395. The molecule has 0 unspecified atom stereocenters. The van der Waals surface area contributed by atoms with Gasteiger partial charge in [0, 0.05) is 17.0 Å². The maximum absolute atomic E-state index is 12.5. The average Bonchev–Trinajstić information content (AvgIpc) is 3.18. The molecule has 1 aliphatic heterocycles. The zero-order chi connectivity index (χ0) is 17.3. The fraction of sp³-hybridized carbons (Fsp3) is 0.222. The number of Topliss-reactive ketones (excluding diaryl/α,β-unsaturated/α-hetero) is 1. The number of aliphatic hydroxyl groups excluding tert-OH is 2. The summed E-state index contributed by atoms with van der Waals surface area (Å²) in [5, 5.41) is 21.8. The lowest BCUT2D eigenvalue weighted by Crippen LogP contribution is -2.31. The number of carbonyl (C=O) groups excluding carboxylic acids is 2. The Kier molecular flexibility index (Phi) is 4.51. The highest BCUT2D eigenvalue weighted by molar-refractivity contribution is 7.10. The molecule has 0 spiro atoms. The number of hydrogen-bond acceptors (Lipinski definition) is 5. The predicted octanol–water partition coefficient (Wildman–Crippen LogP) is 2.47. The minimum atomic E-state index is -0.722. The van der Waals surface area contributed by atoms with Gasteiger partial charge in [-0.05, 0) is 18.4 Å². The van der Waals surface area contributed by atoms with E-state index in [4.69, 9.17) is 0 Å². The van der Waals surface area contributed by atoms with Crippen molar-refractivity contribution in [2.24, 2.45) is 0 Å². The van der Waals surface area contributed by atoms with Crippen molar-refractivity contribution in [1.82, 2.24) is 4.90 Å². The van der Waals surface area contributed by atoms with E-state index in [9.17, 15) is 19.8 Å². The Balaban J connectivity index is 2.15. The summed E-state index contributed by atoms with van der Waals surface area (Å²) in [6.07, 6.45) is 0. The molecule has 0 radical (unpaired) electrons. The first kappa shape index (κ1) is 16.4. The largest absolute Gasteiger partial charge is 0.507 e. The Morgan fingerprint density at radius 3 is 2.50 bits per heavy atom. The highest BCUT2D eigenvalue weighted by Crippen LogP contribution is 2.40. The number of ketones is 1. The van der Waals surface area contributed by atoms with Gasteiger partial charge in [0.25, 0.3) is 11.7 Å². The van der Waals surface area contributed by atoms with Gasteiger partial charge in [0.2, 0.25) is 0 Å². The van der Waals surface area contributed by atoms with E-state index >= 15 is 0 Å². The Morgan fingerprint density at radius 2 is 1.92 bits per heavy atom. The van der Waals surface area contributed by atoms with Gasteiger partial charge >= 0.3 is 0 Å². The summed E-state index contributed by atoms with van der Waals surface area (Å²) in [7, 11) is 0. The molecule has 0 aliphatic carbocycles. The molecular formula is C18H17NO4S. The Morgan fingerprint density at radius 1 is 1.21 bits per heavy atom. The second kappa shape index (κ2) is 6.59. The van der Waals surface area contributed by atoms with E-state index in [1.807, 2.05) is 36.6 Å². The molecule has 0 saturated carbocycles. The number of β-amino-alcohol motifs (C(OH)–C–C–N with tert-alkyl or cyclic N) is 1. The monoisotopic (exact) mass is 343 g/mol. The van der Waals surface area contributed by atoms with Gasteiger partial charge in [-0.25, -0.2) is 0 Å². The second-order valence-corrected chi connectivity index (χ2v) is 6.58. The third-order valence-corrected chi connectivity index (χ3v) is 4.94. The van der Waals surface area contributed by atoms with Crippen molar-refractivity contribution in [2.45, 2.75) is 13.0 Å². The number of rotatable bonds is 4. The van der Waals surface area contributed by atoms with Crippen LogP contribution in [0.25, 0.3) is 5.76 Å². The first-order chi connectivity index (χ1) is 11.5. The van der Waals surface area contributed by atoms with Gasteiger partial charge in [-0.2, -0.15) is 0 Å². The van der Waals surface area contributed by atoms with Crippen molar-refractivity contribution in [2.75, 3.05) is 13.2 Å². The van der Waals surface area contributed by atoms with Crippen molar-refractivity contribution in [3.05, 3.63) is 63.4 Å². The molecule has 124 valence electrons. The molecule has 0 bridgehead atoms. The number of amides is 1. The van der Waals surface area contributed by atoms with Crippen LogP contribution in [0.15, 0.2) is 47.4 Å². The molecule has 2 aromatic rings. The number of aryl methyl sites for hydroxylation is 1. The van der Waals surface area contributed by atoms with Crippen LogP contribution in [0.1, 0.15) is 22.0 Å². The highest BCUT2D eigenvalue weighted by atomic mass is 32.1. The van der Waals surface area contributed by atoms with E-state index in [-0.39, 0.29) is 24.5 Å². The maximum Gasteiger partial charge on any atom is 0.295 e. The molecule has 1 aliphatic rings. The van der Waals surface area contributed by atoms with Gasteiger partial charge in [0.15, 0.2) is 0 Å². The molecule has 24 heavy (non-hydrogen) atoms. The Bertz CT molecular complexity index is 793. The van der Waals surface area contributed by atoms with Crippen molar-refractivity contribution in [3.8, 4) is 0 Å². The molecule has 1 atom stereocenters. The average molecular weight is 343 g/mol. The van der Waals surface area contributed by atoms with Crippen molar-refractivity contribution in [3.63, 3.8) is 0 Å². The first-order valence-electron chi connectivity index (χ1n) is 7.54. The summed E-state index contributed by atoms with van der Waals surface area (Å²) in [5.41, 5.74) is 1.59. The number of hydrogen-bond donors (Lipinski definition) is 2. The van der Waals surface area contributed by atoms with Crippen LogP contribution in [0.3, 0.4) is 0 Å². The molecule has 5 nitrogen and oxygen atoms in total. The smallest absolute Gasteiger partial charge is 0.295 e. The number of likely N-dealkylation sites (tertiary alicyclic amines) is 1. The lowest BCUT2D eigenvalue weighted by atomic mass is 9.99. The van der Waals surface area contributed by atoms with Crippen LogP contribution in [-0.4, -0.2) is 40.0 Å². The second-order valence-electron chi connectivity index (χ2n) is 5.60. The minimum Gasteiger partial charge on any atom is -0.507 e. The first-order valence-corrected chi connectivity index (χ1v) is 8.42. The molecule has 6 heteroatoms. The van der Waals surface area contributed by atoms with Crippen LogP contribution >= 0.6 is 11.3 Å². The van der Waals surface area contributed by atoms with Gasteiger partial charge in [-0.3, -0.25) is 9.59 Å². The topological polar surface area (TPSA) is 77.8 Å².